The highest BCUT2D eigenvalue weighted by molar-refractivity contribution is 7.89. The van der Waals surface area contributed by atoms with Crippen LogP contribution in [0.1, 0.15) is 30.6 Å². The monoisotopic (exact) mass is 406 g/mol. The minimum absolute atomic E-state index is 0.135. The average molecular weight is 407 g/mol. The minimum Gasteiger partial charge on any atom is -0.321 e. The van der Waals surface area contributed by atoms with Crippen molar-refractivity contribution in [3.63, 3.8) is 0 Å². The lowest BCUT2D eigenvalue weighted by Crippen LogP contribution is -2.42. The van der Waals surface area contributed by atoms with E-state index in [0.717, 1.165) is 6.42 Å². The number of nitrogens with one attached hydrogen (secondary N) is 1. The number of amides is 1. The Kier molecular flexibility index (Phi) is 5.89. The molecule has 1 aliphatic rings. The molecule has 3 rings (SSSR count). The van der Waals surface area contributed by atoms with Crippen LogP contribution in [0.5, 0.6) is 0 Å². The van der Waals surface area contributed by atoms with Crippen LogP contribution in [-0.2, 0) is 10.0 Å². The number of hydrogen-bond donors (Lipinski definition) is 1. The summed E-state index contributed by atoms with van der Waals surface area (Å²) >= 11 is 6.07. The van der Waals surface area contributed by atoms with E-state index in [1.54, 1.807) is 36.4 Å². The van der Waals surface area contributed by atoms with Gasteiger partial charge in [-0.25, -0.2) is 8.42 Å². The van der Waals surface area contributed by atoms with E-state index in [-0.39, 0.29) is 10.5 Å². The second kappa shape index (κ2) is 8.00. The lowest BCUT2D eigenvalue weighted by Gasteiger charge is -2.34. The number of piperidine rings is 1. The van der Waals surface area contributed by atoms with Crippen molar-refractivity contribution in [3.05, 3.63) is 59.1 Å². The zero-order valence-electron chi connectivity index (χ0n) is 15.4. The smallest absolute Gasteiger partial charge is 0.255 e. The Morgan fingerprint density at radius 2 is 1.74 bits per heavy atom. The highest BCUT2D eigenvalue weighted by Gasteiger charge is 2.31. The molecule has 0 aromatic heterocycles. The molecule has 0 saturated carbocycles. The summed E-state index contributed by atoms with van der Waals surface area (Å²) in [6, 6.07) is 13.0. The molecule has 1 aliphatic heterocycles. The molecule has 1 amide bonds. The fourth-order valence-corrected chi connectivity index (χ4v) is 5.41. The Bertz CT molecular complexity index is 936. The van der Waals surface area contributed by atoms with Gasteiger partial charge in [-0.2, -0.15) is 4.31 Å². The molecule has 5 nitrogen and oxygen atoms in total. The van der Waals surface area contributed by atoms with Gasteiger partial charge in [0.15, 0.2) is 0 Å². The van der Waals surface area contributed by atoms with Crippen molar-refractivity contribution < 1.29 is 13.2 Å². The van der Waals surface area contributed by atoms with Crippen LogP contribution in [-0.4, -0.2) is 31.7 Å². The maximum atomic E-state index is 13.0. The predicted octanol–water partition coefficient (Wildman–Crippen LogP) is 4.26. The van der Waals surface area contributed by atoms with E-state index in [2.05, 4.69) is 19.2 Å². The predicted molar refractivity (Wildman–Crippen MR) is 108 cm³/mol. The molecular formula is C20H23ClN2O3S. The summed E-state index contributed by atoms with van der Waals surface area (Å²) in [5, 5.41) is 3.14. The van der Waals surface area contributed by atoms with Crippen LogP contribution >= 0.6 is 11.6 Å². The largest absolute Gasteiger partial charge is 0.321 e. The Labute approximate surface area is 165 Å². The number of halogens is 1. The normalized spacial score (nSPS) is 21.0. The highest BCUT2D eigenvalue weighted by atomic mass is 35.5. The summed E-state index contributed by atoms with van der Waals surface area (Å²) in [5.74, 6) is 0.228. The molecule has 0 aliphatic carbocycles. The summed E-state index contributed by atoms with van der Waals surface area (Å²) in [4.78, 5) is 12.7. The third kappa shape index (κ3) is 4.51. The standard InChI is InChI=1S/C20H23ClN2O3S/c1-14-10-15(2)13-23(12-14)27(25,26)17-7-5-6-16(11-17)20(24)22-19-9-4-3-8-18(19)21/h3-9,11,14-15H,10,12-13H2,1-2H3,(H,22,24)/t14-,15+. The molecule has 0 radical (unpaired) electrons. The minimum atomic E-state index is -3.64. The van der Waals surface area contributed by atoms with E-state index in [1.807, 2.05) is 0 Å². The maximum Gasteiger partial charge on any atom is 0.255 e. The number of anilines is 1. The van der Waals surface area contributed by atoms with Gasteiger partial charge in [0.2, 0.25) is 10.0 Å². The molecule has 1 saturated heterocycles. The molecule has 144 valence electrons. The Hall–Kier alpha value is -1.89. The first-order valence-corrected chi connectivity index (χ1v) is 10.8. The SMILES string of the molecule is C[C@@H]1C[C@H](C)CN(S(=O)(=O)c2cccc(C(=O)Nc3ccccc3Cl)c2)C1. The van der Waals surface area contributed by atoms with Gasteiger partial charge in [-0.3, -0.25) is 4.79 Å². The van der Waals surface area contributed by atoms with E-state index < -0.39 is 15.9 Å². The topological polar surface area (TPSA) is 66.5 Å². The molecule has 2 aromatic rings. The number of carbonyl (C=O) groups is 1. The summed E-state index contributed by atoms with van der Waals surface area (Å²) < 4.78 is 27.6. The van der Waals surface area contributed by atoms with Crippen LogP contribution in [0, 0.1) is 11.8 Å². The molecule has 7 heteroatoms. The van der Waals surface area contributed by atoms with Gasteiger partial charge < -0.3 is 5.32 Å². The summed E-state index contributed by atoms with van der Waals surface area (Å²) in [5.41, 5.74) is 0.755. The zero-order chi connectivity index (χ0) is 19.6. The maximum absolute atomic E-state index is 13.0. The molecule has 0 unspecified atom stereocenters. The zero-order valence-corrected chi connectivity index (χ0v) is 16.9. The molecule has 1 N–H and O–H groups in total. The van der Waals surface area contributed by atoms with Crippen LogP contribution in [0.4, 0.5) is 5.69 Å². The first-order chi connectivity index (χ1) is 12.8. The van der Waals surface area contributed by atoms with Crippen molar-refractivity contribution in [2.24, 2.45) is 11.8 Å². The lowest BCUT2D eigenvalue weighted by molar-refractivity contribution is 0.102. The highest BCUT2D eigenvalue weighted by Crippen LogP contribution is 2.27. The van der Waals surface area contributed by atoms with Gasteiger partial charge >= 0.3 is 0 Å². The van der Waals surface area contributed by atoms with E-state index >= 15 is 0 Å². The van der Waals surface area contributed by atoms with Crippen molar-refractivity contribution in [3.8, 4) is 0 Å². The van der Waals surface area contributed by atoms with Crippen LogP contribution < -0.4 is 5.32 Å². The van der Waals surface area contributed by atoms with Crippen molar-refractivity contribution >= 4 is 33.2 Å². The van der Waals surface area contributed by atoms with Crippen LogP contribution in [0.3, 0.4) is 0 Å². The number of rotatable bonds is 4. The second-order valence-electron chi connectivity index (χ2n) is 7.23. The fraction of sp³-hybridized carbons (Fsp3) is 0.350. The quantitative estimate of drug-likeness (QED) is 0.824. The number of benzene rings is 2. The van der Waals surface area contributed by atoms with Gasteiger partial charge in [0.1, 0.15) is 0 Å². The van der Waals surface area contributed by atoms with Crippen molar-refractivity contribution in [1.82, 2.24) is 4.31 Å². The van der Waals surface area contributed by atoms with Crippen LogP contribution in [0.2, 0.25) is 5.02 Å². The van der Waals surface area contributed by atoms with Gasteiger partial charge in [-0.15, -0.1) is 0 Å². The molecule has 2 atom stereocenters. The van der Waals surface area contributed by atoms with E-state index in [4.69, 9.17) is 11.6 Å². The summed E-state index contributed by atoms with van der Waals surface area (Å²) in [7, 11) is -3.64. The number of sulfonamides is 1. The van der Waals surface area contributed by atoms with E-state index in [1.165, 1.54) is 16.4 Å². The van der Waals surface area contributed by atoms with Crippen LogP contribution in [0.15, 0.2) is 53.4 Å². The first kappa shape index (κ1) is 19.9. The molecule has 27 heavy (non-hydrogen) atoms. The molecule has 1 heterocycles. The lowest BCUT2D eigenvalue weighted by atomic mass is 9.94. The first-order valence-electron chi connectivity index (χ1n) is 8.93. The van der Waals surface area contributed by atoms with Crippen molar-refractivity contribution in [2.45, 2.75) is 25.2 Å². The van der Waals surface area contributed by atoms with Gasteiger partial charge in [0.05, 0.1) is 15.6 Å². The molecular weight excluding hydrogens is 384 g/mol. The Morgan fingerprint density at radius 1 is 1.07 bits per heavy atom. The Balaban J connectivity index is 1.84. The molecule has 0 bridgehead atoms. The van der Waals surface area contributed by atoms with Crippen molar-refractivity contribution in [2.75, 3.05) is 18.4 Å². The van der Waals surface area contributed by atoms with E-state index in [0.29, 0.717) is 35.6 Å². The third-order valence-electron chi connectivity index (χ3n) is 4.69. The second-order valence-corrected chi connectivity index (χ2v) is 9.58. The fourth-order valence-electron chi connectivity index (χ4n) is 3.51. The Morgan fingerprint density at radius 3 is 2.41 bits per heavy atom. The molecule has 2 aromatic carbocycles. The van der Waals surface area contributed by atoms with Crippen molar-refractivity contribution in [1.29, 1.82) is 0 Å². The third-order valence-corrected chi connectivity index (χ3v) is 6.85. The summed E-state index contributed by atoms with van der Waals surface area (Å²) in [6.45, 7) is 5.13. The van der Waals surface area contributed by atoms with Gasteiger partial charge in [0.25, 0.3) is 5.91 Å². The van der Waals surface area contributed by atoms with Gasteiger partial charge in [-0.05, 0) is 48.6 Å². The van der Waals surface area contributed by atoms with Gasteiger partial charge in [-0.1, -0.05) is 43.6 Å². The number of carbonyl (C=O) groups excluding carboxylic acids is 1. The summed E-state index contributed by atoms with van der Waals surface area (Å²) in [6.07, 6.45) is 1.02. The molecule has 0 spiro atoms. The number of nitrogens with zero attached hydrogens (tertiary/aromatic N) is 1. The number of hydrogen-bond acceptors (Lipinski definition) is 3. The average Bonchev–Trinajstić information content (AvgIpc) is 2.63. The van der Waals surface area contributed by atoms with Crippen LogP contribution in [0.25, 0.3) is 0 Å². The number of para-hydroxylation sites is 1. The van der Waals surface area contributed by atoms with E-state index in [9.17, 15) is 13.2 Å². The van der Waals surface area contributed by atoms with Gasteiger partial charge in [0, 0.05) is 18.7 Å². The molecule has 1 fully saturated rings.